The van der Waals surface area contributed by atoms with Crippen molar-refractivity contribution in [1.82, 2.24) is 5.32 Å². The van der Waals surface area contributed by atoms with Crippen LogP contribution in [0.15, 0.2) is 18.2 Å². The Labute approximate surface area is 97.7 Å². The molecule has 0 saturated carbocycles. The fourth-order valence-electron chi connectivity index (χ4n) is 1.94. The number of methoxy groups -OCH3 is 1. The summed E-state index contributed by atoms with van der Waals surface area (Å²) in [7, 11) is 1.57. The van der Waals surface area contributed by atoms with Crippen molar-refractivity contribution in [2.24, 2.45) is 0 Å². The van der Waals surface area contributed by atoms with Crippen LogP contribution < -0.4 is 5.32 Å². The molecular weight excluding hydrogens is 227 g/mol. The van der Waals surface area contributed by atoms with Crippen molar-refractivity contribution in [2.75, 3.05) is 20.2 Å². The minimum atomic E-state index is -0.763. The smallest absolute Gasteiger partial charge is 0.305 e. The third-order valence-electron chi connectivity index (χ3n) is 3.09. The van der Waals surface area contributed by atoms with Gasteiger partial charge in [0.1, 0.15) is 0 Å². The molecule has 0 amide bonds. The number of nitrogens with zero attached hydrogens (tertiary/aromatic N) is 1. The van der Waals surface area contributed by atoms with Crippen LogP contribution in [0.5, 0.6) is 0 Å². The van der Waals surface area contributed by atoms with Gasteiger partial charge in [-0.3, -0.25) is 10.1 Å². The van der Waals surface area contributed by atoms with Gasteiger partial charge in [-0.05, 0) is 5.56 Å². The monoisotopic (exact) mass is 240 g/mol. The number of nitrogens with one attached hydrogen (secondary N) is 1. The highest BCUT2D eigenvalue weighted by Gasteiger charge is 2.38. The maximum atomic E-state index is 13.8. The van der Waals surface area contributed by atoms with Crippen LogP contribution in [0.2, 0.25) is 0 Å². The van der Waals surface area contributed by atoms with Gasteiger partial charge < -0.3 is 10.1 Å². The van der Waals surface area contributed by atoms with Gasteiger partial charge >= 0.3 is 5.69 Å². The first kappa shape index (κ1) is 11.9. The maximum absolute atomic E-state index is 13.8. The Kier molecular flexibility index (Phi) is 3.08. The lowest BCUT2D eigenvalue weighted by atomic mass is 9.88. The van der Waals surface area contributed by atoms with E-state index < -0.39 is 22.0 Å². The van der Waals surface area contributed by atoms with E-state index in [2.05, 4.69) is 5.32 Å². The molecule has 1 heterocycles. The summed E-state index contributed by atoms with van der Waals surface area (Å²) in [6.45, 7) is 1.26. The maximum Gasteiger partial charge on any atom is 0.305 e. The molecule has 1 fully saturated rings. The van der Waals surface area contributed by atoms with Gasteiger partial charge in [0.15, 0.2) is 0 Å². The van der Waals surface area contributed by atoms with Crippen molar-refractivity contribution in [1.29, 1.82) is 0 Å². The van der Waals surface area contributed by atoms with Crippen molar-refractivity contribution in [2.45, 2.75) is 12.0 Å². The SMILES string of the molecule is COC1(Cc2cccc([N+](=O)[O-])c2F)CNC1. The highest BCUT2D eigenvalue weighted by atomic mass is 19.1. The Bertz CT molecular complexity index is 441. The van der Waals surface area contributed by atoms with Crippen LogP contribution in [0.1, 0.15) is 5.56 Å². The largest absolute Gasteiger partial charge is 0.375 e. The highest BCUT2D eigenvalue weighted by Crippen LogP contribution is 2.27. The first-order chi connectivity index (χ1) is 8.08. The van der Waals surface area contributed by atoms with Gasteiger partial charge in [-0.25, -0.2) is 0 Å². The van der Waals surface area contributed by atoms with Gasteiger partial charge in [0.25, 0.3) is 0 Å². The van der Waals surface area contributed by atoms with E-state index in [-0.39, 0.29) is 0 Å². The van der Waals surface area contributed by atoms with Crippen molar-refractivity contribution >= 4 is 5.69 Å². The zero-order valence-electron chi connectivity index (χ0n) is 9.40. The van der Waals surface area contributed by atoms with Crippen LogP contribution >= 0.6 is 0 Å². The van der Waals surface area contributed by atoms with E-state index >= 15 is 0 Å². The summed E-state index contributed by atoms with van der Waals surface area (Å²) >= 11 is 0. The standard InChI is InChI=1S/C11H13FN2O3/c1-17-11(6-13-7-11)5-8-3-2-4-9(10(8)12)14(15)16/h2-4,13H,5-7H2,1H3. The van der Waals surface area contributed by atoms with Crippen molar-refractivity contribution in [3.8, 4) is 0 Å². The lowest BCUT2D eigenvalue weighted by Crippen LogP contribution is -2.62. The Morgan fingerprint density at radius 1 is 1.59 bits per heavy atom. The minimum absolute atomic E-state index is 0.322. The lowest BCUT2D eigenvalue weighted by Gasteiger charge is -2.41. The number of nitro benzene ring substituents is 1. The fraction of sp³-hybridized carbons (Fsp3) is 0.455. The minimum Gasteiger partial charge on any atom is -0.375 e. The van der Waals surface area contributed by atoms with E-state index in [0.717, 1.165) is 6.07 Å². The molecule has 5 nitrogen and oxygen atoms in total. The number of halogens is 1. The third kappa shape index (κ3) is 2.13. The molecule has 1 N–H and O–H groups in total. The van der Waals surface area contributed by atoms with Gasteiger partial charge in [0.05, 0.1) is 10.5 Å². The van der Waals surface area contributed by atoms with Crippen molar-refractivity contribution in [3.05, 3.63) is 39.7 Å². The molecule has 1 saturated heterocycles. The molecule has 1 aliphatic heterocycles. The molecule has 0 atom stereocenters. The Balaban J connectivity index is 2.27. The lowest BCUT2D eigenvalue weighted by molar-refractivity contribution is -0.387. The zero-order valence-corrected chi connectivity index (χ0v) is 9.40. The number of hydrogen-bond donors (Lipinski definition) is 1. The van der Waals surface area contributed by atoms with E-state index in [1.54, 1.807) is 13.2 Å². The second-order valence-corrected chi connectivity index (χ2v) is 4.17. The quantitative estimate of drug-likeness (QED) is 0.635. The Morgan fingerprint density at radius 2 is 2.29 bits per heavy atom. The summed E-state index contributed by atoms with van der Waals surface area (Å²) in [5.74, 6) is -0.763. The molecule has 1 aromatic carbocycles. The van der Waals surface area contributed by atoms with E-state index in [1.807, 2.05) is 0 Å². The molecule has 0 aromatic heterocycles. The molecule has 6 heteroatoms. The normalized spacial score (nSPS) is 17.5. The van der Waals surface area contributed by atoms with Gasteiger partial charge in [0.2, 0.25) is 5.82 Å². The average molecular weight is 240 g/mol. The molecule has 17 heavy (non-hydrogen) atoms. The molecule has 92 valence electrons. The second-order valence-electron chi connectivity index (χ2n) is 4.17. The number of ether oxygens (including phenoxy) is 1. The van der Waals surface area contributed by atoms with Crippen LogP contribution in [0.3, 0.4) is 0 Å². The first-order valence-electron chi connectivity index (χ1n) is 5.26. The Hall–Kier alpha value is -1.53. The summed E-state index contributed by atoms with van der Waals surface area (Å²) in [5, 5.41) is 13.7. The van der Waals surface area contributed by atoms with Gasteiger partial charge in [-0.15, -0.1) is 0 Å². The van der Waals surface area contributed by atoms with E-state index in [1.165, 1.54) is 6.07 Å². The van der Waals surface area contributed by atoms with Crippen LogP contribution in [0.25, 0.3) is 0 Å². The molecule has 0 aliphatic carbocycles. The number of nitro groups is 1. The summed E-state index contributed by atoms with van der Waals surface area (Å²) < 4.78 is 19.2. The number of rotatable bonds is 4. The fourth-order valence-corrected chi connectivity index (χ4v) is 1.94. The topological polar surface area (TPSA) is 64.4 Å². The third-order valence-corrected chi connectivity index (χ3v) is 3.09. The molecule has 0 unspecified atom stereocenters. The van der Waals surface area contributed by atoms with E-state index in [4.69, 9.17) is 4.74 Å². The zero-order chi connectivity index (χ0) is 12.5. The summed E-state index contributed by atoms with van der Waals surface area (Å²) in [6, 6.07) is 4.21. The van der Waals surface area contributed by atoms with Crippen LogP contribution in [0.4, 0.5) is 10.1 Å². The van der Waals surface area contributed by atoms with Crippen LogP contribution in [-0.2, 0) is 11.2 Å². The predicted molar refractivity (Wildman–Crippen MR) is 59.4 cm³/mol. The van der Waals surface area contributed by atoms with Gasteiger partial charge in [0, 0.05) is 32.7 Å². The summed E-state index contributed by atoms with van der Waals surface area (Å²) in [4.78, 5) is 9.90. The first-order valence-corrected chi connectivity index (χ1v) is 5.26. The van der Waals surface area contributed by atoms with Crippen LogP contribution in [-0.4, -0.2) is 30.7 Å². The average Bonchev–Trinajstić information content (AvgIpc) is 2.25. The molecule has 2 rings (SSSR count). The molecule has 1 aliphatic rings. The van der Waals surface area contributed by atoms with E-state index in [0.29, 0.717) is 25.1 Å². The van der Waals surface area contributed by atoms with Crippen molar-refractivity contribution < 1.29 is 14.1 Å². The molecule has 0 bridgehead atoms. The number of hydrogen-bond acceptors (Lipinski definition) is 4. The van der Waals surface area contributed by atoms with Crippen LogP contribution in [0, 0.1) is 15.9 Å². The predicted octanol–water partition coefficient (Wildman–Crippen LogP) is 1.26. The Morgan fingerprint density at radius 3 is 2.76 bits per heavy atom. The van der Waals surface area contributed by atoms with Crippen molar-refractivity contribution in [3.63, 3.8) is 0 Å². The summed E-state index contributed by atoms with van der Waals surface area (Å²) in [6.07, 6.45) is 0.337. The van der Waals surface area contributed by atoms with Gasteiger partial charge in [-0.1, -0.05) is 12.1 Å². The molecule has 0 radical (unpaired) electrons. The molecular formula is C11H13FN2O3. The number of benzene rings is 1. The molecule has 1 aromatic rings. The second kappa shape index (κ2) is 4.38. The molecule has 0 spiro atoms. The summed E-state index contributed by atoms with van der Waals surface area (Å²) in [5.41, 5.74) is -0.598. The van der Waals surface area contributed by atoms with Gasteiger partial charge in [-0.2, -0.15) is 4.39 Å². The van der Waals surface area contributed by atoms with E-state index in [9.17, 15) is 14.5 Å². The highest BCUT2D eigenvalue weighted by molar-refractivity contribution is 5.37.